The lowest BCUT2D eigenvalue weighted by molar-refractivity contribution is 0.102. The van der Waals surface area contributed by atoms with E-state index in [0.29, 0.717) is 26.9 Å². The van der Waals surface area contributed by atoms with Crippen molar-refractivity contribution in [1.82, 2.24) is 10.2 Å². The van der Waals surface area contributed by atoms with Crippen LogP contribution in [0.5, 0.6) is 5.75 Å². The van der Waals surface area contributed by atoms with E-state index in [4.69, 9.17) is 32.4 Å². The highest BCUT2D eigenvalue weighted by molar-refractivity contribution is 6.35. The molecule has 0 saturated heterocycles. The number of nitrogens with zero attached hydrogens (tertiary/aromatic N) is 2. The number of carbonyl (C=O) groups excluding carboxylic acids is 1. The third-order valence-corrected chi connectivity index (χ3v) is 3.86. The van der Waals surface area contributed by atoms with Gasteiger partial charge in [-0.1, -0.05) is 28.3 Å². The van der Waals surface area contributed by atoms with E-state index < -0.39 is 0 Å². The maximum atomic E-state index is 12.3. The number of ether oxygens (including phenoxy) is 1. The van der Waals surface area contributed by atoms with Crippen molar-refractivity contribution in [3.8, 4) is 17.2 Å². The monoisotopic (exact) mass is 391 g/mol. The summed E-state index contributed by atoms with van der Waals surface area (Å²) in [5.74, 6) is 0.467. The average molecular weight is 392 g/mol. The van der Waals surface area contributed by atoms with Crippen molar-refractivity contribution in [2.24, 2.45) is 0 Å². The number of rotatable bonds is 5. The van der Waals surface area contributed by atoms with E-state index in [-0.39, 0.29) is 23.9 Å². The third kappa shape index (κ3) is 4.33. The fourth-order valence-electron chi connectivity index (χ4n) is 2.17. The highest BCUT2D eigenvalue weighted by atomic mass is 35.5. The van der Waals surface area contributed by atoms with Gasteiger partial charge >= 0.3 is 6.01 Å². The van der Waals surface area contributed by atoms with Gasteiger partial charge in [-0.3, -0.25) is 10.1 Å². The van der Waals surface area contributed by atoms with Crippen molar-refractivity contribution in [2.75, 3.05) is 5.32 Å². The summed E-state index contributed by atoms with van der Waals surface area (Å²) in [7, 11) is 0. The molecule has 6 nitrogen and oxygen atoms in total. The molecule has 1 aromatic heterocycles. The largest absolute Gasteiger partial charge is 0.491 e. The smallest absolute Gasteiger partial charge is 0.322 e. The Hall–Kier alpha value is -2.57. The van der Waals surface area contributed by atoms with Crippen LogP contribution in [0.2, 0.25) is 10.0 Å². The second kappa shape index (κ2) is 7.76. The summed E-state index contributed by atoms with van der Waals surface area (Å²) in [4.78, 5) is 12.3. The lowest BCUT2D eigenvalue weighted by Gasteiger charge is -2.09. The van der Waals surface area contributed by atoms with E-state index in [2.05, 4.69) is 15.5 Å². The number of aromatic nitrogens is 2. The molecule has 1 N–H and O–H groups in total. The van der Waals surface area contributed by atoms with Crippen LogP contribution < -0.4 is 10.1 Å². The second-order valence-corrected chi connectivity index (χ2v) is 6.53. The number of benzene rings is 2. The maximum absolute atomic E-state index is 12.3. The number of halogens is 2. The number of amides is 1. The second-order valence-electron chi connectivity index (χ2n) is 5.68. The van der Waals surface area contributed by atoms with Crippen LogP contribution in [-0.2, 0) is 0 Å². The molecule has 0 atom stereocenters. The van der Waals surface area contributed by atoms with Gasteiger partial charge in [-0.2, -0.15) is 0 Å². The Morgan fingerprint density at radius 2 is 1.85 bits per heavy atom. The summed E-state index contributed by atoms with van der Waals surface area (Å²) in [6, 6.07) is 11.6. The molecular formula is C18H15Cl2N3O3. The first-order chi connectivity index (χ1) is 12.4. The molecule has 1 heterocycles. The zero-order valence-corrected chi connectivity index (χ0v) is 15.5. The highest BCUT2D eigenvalue weighted by Crippen LogP contribution is 2.30. The minimum absolute atomic E-state index is 0.0384. The van der Waals surface area contributed by atoms with Gasteiger partial charge in [0.25, 0.3) is 11.8 Å². The molecule has 134 valence electrons. The molecule has 0 aliphatic heterocycles. The molecule has 0 spiro atoms. The highest BCUT2D eigenvalue weighted by Gasteiger charge is 2.15. The Kier molecular flexibility index (Phi) is 5.44. The van der Waals surface area contributed by atoms with Crippen LogP contribution in [0.25, 0.3) is 11.5 Å². The third-order valence-electron chi connectivity index (χ3n) is 3.29. The van der Waals surface area contributed by atoms with E-state index in [9.17, 15) is 4.79 Å². The normalized spacial score (nSPS) is 10.8. The van der Waals surface area contributed by atoms with Crippen LogP contribution in [0.1, 0.15) is 24.2 Å². The lowest BCUT2D eigenvalue weighted by atomic mass is 10.2. The molecule has 1 amide bonds. The van der Waals surface area contributed by atoms with Crippen molar-refractivity contribution in [1.29, 1.82) is 0 Å². The van der Waals surface area contributed by atoms with Crippen LogP contribution in [0.3, 0.4) is 0 Å². The molecule has 26 heavy (non-hydrogen) atoms. The van der Waals surface area contributed by atoms with Gasteiger partial charge in [-0.15, -0.1) is 5.10 Å². The van der Waals surface area contributed by atoms with Gasteiger partial charge in [-0.05, 0) is 56.3 Å². The molecule has 2 aromatic carbocycles. The Morgan fingerprint density at radius 3 is 2.54 bits per heavy atom. The average Bonchev–Trinajstić information content (AvgIpc) is 3.05. The van der Waals surface area contributed by atoms with Crippen molar-refractivity contribution in [2.45, 2.75) is 20.0 Å². The SMILES string of the molecule is CC(C)Oc1ccc(C(=O)Nc2nnc(-c3cc(Cl)ccc3Cl)o2)cc1. The van der Waals surface area contributed by atoms with Crippen LogP contribution in [0.4, 0.5) is 6.01 Å². The molecular weight excluding hydrogens is 377 g/mol. The molecule has 0 fully saturated rings. The summed E-state index contributed by atoms with van der Waals surface area (Å²) in [5.41, 5.74) is 0.920. The van der Waals surface area contributed by atoms with Crippen molar-refractivity contribution in [3.63, 3.8) is 0 Å². The standard InChI is InChI=1S/C18H15Cl2N3O3/c1-10(2)25-13-6-3-11(4-7-13)16(24)21-18-23-22-17(26-18)14-9-12(19)5-8-15(14)20/h3-10H,1-2H3,(H,21,23,24). The van der Waals surface area contributed by atoms with Crippen LogP contribution in [-0.4, -0.2) is 22.2 Å². The van der Waals surface area contributed by atoms with Crippen LogP contribution in [0.15, 0.2) is 46.9 Å². The van der Waals surface area contributed by atoms with E-state index in [1.165, 1.54) is 0 Å². The van der Waals surface area contributed by atoms with Crippen molar-refractivity contribution >= 4 is 35.1 Å². The summed E-state index contributed by atoms with van der Waals surface area (Å²) < 4.78 is 11.0. The topological polar surface area (TPSA) is 77.2 Å². The molecule has 0 saturated carbocycles. The van der Waals surface area contributed by atoms with Gasteiger partial charge in [0.2, 0.25) is 0 Å². The molecule has 3 aromatic rings. The number of anilines is 1. The van der Waals surface area contributed by atoms with E-state index in [1.54, 1.807) is 42.5 Å². The Labute approximate surface area is 160 Å². The van der Waals surface area contributed by atoms with E-state index in [1.807, 2.05) is 13.8 Å². The molecule has 3 rings (SSSR count). The molecule has 0 unspecified atom stereocenters. The first-order valence-electron chi connectivity index (χ1n) is 7.79. The van der Waals surface area contributed by atoms with E-state index >= 15 is 0 Å². The number of hydrogen-bond acceptors (Lipinski definition) is 5. The van der Waals surface area contributed by atoms with Crippen molar-refractivity contribution in [3.05, 3.63) is 58.1 Å². The zero-order chi connectivity index (χ0) is 18.7. The first kappa shape index (κ1) is 18.2. The first-order valence-corrected chi connectivity index (χ1v) is 8.55. The molecule has 0 aliphatic carbocycles. The molecule has 0 bridgehead atoms. The molecule has 0 radical (unpaired) electrons. The van der Waals surface area contributed by atoms with Crippen molar-refractivity contribution < 1.29 is 13.9 Å². The number of nitrogens with one attached hydrogen (secondary N) is 1. The van der Waals surface area contributed by atoms with Gasteiger partial charge in [0.05, 0.1) is 16.7 Å². The van der Waals surface area contributed by atoms with Gasteiger partial charge in [0, 0.05) is 10.6 Å². The predicted octanol–water partition coefficient (Wildman–Crippen LogP) is 5.08. The van der Waals surface area contributed by atoms with Crippen LogP contribution >= 0.6 is 23.2 Å². The number of hydrogen-bond donors (Lipinski definition) is 1. The Balaban J connectivity index is 1.72. The van der Waals surface area contributed by atoms with E-state index in [0.717, 1.165) is 0 Å². The summed E-state index contributed by atoms with van der Waals surface area (Å²) in [5, 5.41) is 11.1. The number of carbonyl (C=O) groups is 1. The summed E-state index contributed by atoms with van der Waals surface area (Å²) in [6.07, 6.45) is 0.0600. The molecule has 8 heteroatoms. The van der Waals surface area contributed by atoms with Gasteiger partial charge in [0.1, 0.15) is 5.75 Å². The Morgan fingerprint density at radius 1 is 1.12 bits per heavy atom. The maximum Gasteiger partial charge on any atom is 0.322 e. The van der Waals surface area contributed by atoms with Crippen LogP contribution in [0, 0.1) is 0 Å². The fourth-order valence-corrected chi connectivity index (χ4v) is 2.54. The quantitative estimate of drug-likeness (QED) is 0.655. The fraction of sp³-hybridized carbons (Fsp3) is 0.167. The minimum atomic E-state index is -0.381. The lowest BCUT2D eigenvalue weighted by Crippen LogP contribution is -2.12. The van der Waals surface area contributed by atoms with Gasteiger partial charge < -0.3 is 9.15 Å². The zero-order valence-electron chi connectivity index (χ0n) is 14.0. The molecule has 0 aliphatic rings. The van der Waals surface area contributed by atoms with Gasteiger partial charge in [-0.25, -0.2) is 0 Å². The minimum Gasteiger partial charge on any atom is -0.491 e. The predicted molar refractivity (Wildman–Crippen MR) is 99.9 cm³/mol. The summed E-state index contributed by atoms with van der Waals surface area (Å²) in [6.45, 7) is 3.86. The van der Waals surface area contributed by atoms with Gasteiger partial charge in [0.15, 0.2) is 0 Å². The Bertz CT molecular complexity index is 924. The summed E-state index contributed by atoms with van der Waals surface area (Å²) >= 11 is 12.1.